The van der Waals surface area contributed by atoms with Crippen molar-refractivity contribution in [3.63, 3.8) is 0 Å². The first-order valence-electron chi connectivity index (χ1n) is 6.52. The summed E-state index contributed by atoms with van der Waals surface area (Å²) in [7, 11) is 0. The summed E-state index contributed by atoms with van der Waals surface area (Å²) in [4.78, 5) is 0. The van der Waals surface area contributed by atoms with E-state index >= 15 is 0 Å². The minimum Gasteiger partial charge on any atom is -0.487 e. The van der Waals surface area contributed by atoms with E-state index in [1.807, 2.05) is 0 Å². The van der Waals surface area contributed by atoms with Gasteiger partial charge in [0, 0.05) is 15.4 Å². The van der Waals surface area contributed by atoms with Gasteiger partial charge in [0.2, 0.25) is 0 Å². The lowest BCUT2D eigenvalue weighted by atomic mass is 9.62. The molecule has 1 aromatic carbocycles. The van der Waals surface area contributed by atoms with E-state index in [0.29, 0.717) is 0 Å². The summed E-state index contributed by atoms with van der Waals surface area (Å²) < 4.78 is 9.88. The topological polar surface area (TPSA) is 29.5 Å². The standard InChI is InChI=1S/C14H15I3O2/c15-8-5-9(16)13(10(17)6-8)19-12-7-11(18)14(12)3-1-2-4-14/h5-6,11-12,18H,1-4,7H2. The highest BCUT2D eigenvalue weighted by Gasteiger charge is 2.57. The van der Waals surface area contributed by atoms with E-state index in [0.717, 1.165) is 25.0 Å². The van der Waals surface area contributed by atoms with Crippen molar-refractivity contribution in [2.75, 3.05) is 0 Å². The first-order valence-corrected chi connectivity index (χ1v) is 9.76. The van der Waals surface area contributed by atoms with Crippen molar-refractivity contribution < 1.29 is 9.84 Å². The van der Waals surface area contributed by atoms with Gasteiger partial charge < -0.3 is 9.84 Å². The van der Waals surface area contributed by atoms with Crippen LogP contribution in [0.3, 0.4) is 0 Å². The molecule has 3 rings (SSSR count). The zero-order valence-corrected chi connectivity index (χ0v) is 16.8. The molecule has 2 fully saturated rings. The van der Waals surface area contributed by atoms with Crippen molar-refractivity contribution >= 4 is 67.8 Å². The molecule has 2 atom stereocenters. The molecule has 1 N–H and O–H groups in total. The van der Waals surface area contributed by atoms with E-state index in [1.165, 1.54) is 23.6 Å². The van der Waals surface area contributed by atoms with Gasteiger partial charge >= 0.3 is 0 Å². The van der Waals surface area contributed by atoms with Crippen LogP contribution in [-0.2, 0) is 0 Å². The molecule has 0 amide bonds. The molecule has 1 spiro atoms. The number of aliphatic hydroxyl groups is 1. The fraction of sp³-hybridized carbons (Fsp3) is 0.571. The summed E-state index contributed by atoms with van der Waals surface area (Å²) in [5, 5.41) is 10.1. The minimum absolute atomic E-state index is 0.0508. The number of ether oxygens (including phenoxy) is 1. The molecule has 2 saturated carbocycles. The SMILES string of the molecule is OC1CC(Oc2c(I)cc(I)cc2I)C12CCCC2. The second kappa shape index (κ2) is 5.75. The van der Waals surface area contributed by atoms with Gasteiger partial charge in [0.05, 0.1) is 13.2 Å². The zero-order chi connectivity index (χ0) is 13.6. The molecular formula is C14H15I3O2. The van der Waals surface area contributed by atoms with E-state index in [1.54, 1.807) is 0 Å². The van der Waals surface area contributed by atoms with E-state index in [4.69, 9.17) is 4.74 Å². The Morgan fingerprint density at radius 2 is 1.68 bits per heavy atom. The number of rotatable bonds is 2. The van der Waals surface area contributed by atoms with Crippen molar-refractivity contribution in [2.24, 2.45) is 5.41 Å². The van der Waals surface area contributed by atoms with Crippen LogP contribution in [0.4, 0.5) is 0 Å². The molecule has 0 radical (unpaired) electrons. The zero-order valence-electron chi connectivity index (χ0n) is 10.3. The molecule has 2 unspecified atom stereocenters. The Morgan fingerprint density at radius 3 is 2.21 bits per heavy atom. The van der Waals surface area contributed by atoms with Crippen LogP contribution < -0.4 is 4.74 Å². The molecule has 104 valence electrons. The first kappa shape index (κ1) is 15.1. The Bertz CT molecular complexity index is 474. The molecule has 19 heavy (non-hydrogen) atoms. The predicted molar refractivity (Wildman–Crippen MR) is 101 cm³/mol. The Hall–Kier alpha value is 1.17. The molecule has 1 aromatic rings. The van der Waals surface area contributed by atoms with Crippen LogP contribution in [0.25, 0.3) is 0 Å². The molecular weight excluding hydrogens is 581 g/mol. The average molecular weight is 596 g/mol. The van der Waals surface area contributed by atoms with Crippen LogP contribution in [0.15, 0.2) is 12.1 Å². The Balaban J connectivity index is 1.83. The highest BCUT2D eigenvalue weighted by Crippen LogP contribution is 2.55. The van der Waals surface area contributed by atoms with Crippen LogP contribution in [-0.4, -0.2) is 17.3 Å². The summed E-state index contributed by atoms with van der Waals surface area (Å²) in [5.41, 5.74) is 0.0508. The Morgan fingerprint density at radius 1 is 1.11 bits per heavy atom. The largest absolute Gasteiger partial charge is 0.487 e. The second-order valence-electron chi connectivity index (χ2n) is 5.50. The van der Waals surface area contributed by atoms with Gasteiger partial charge in [-0.1, -0.05) is 12.8 Å². The number of hydrogen-bond donors (Lipinski definition) is 1. The number of aliphatic hydroxyl groups excluding tert-OH is 1. The highest BCUT2D eigenvalue weighted by atomic mass is 127. The van der Waals surface area contributed by atoms with Crippen molar-refractivity contribution in [2.45, 2.75) is 44.3 Å². The van der Waals surface area contributed by atoms with E-state index in [2.05, 4.69) is 79.9 Å². The molecule has 2 aliphatic carbocycles. The quantitative estimate of drug-likeness (QED) is 0.508. The van der Waals surface area contributed by atoms with Crippen LogP contribution in [0.2, 0.25) is 0 Å². The van der Waals surface area contributed by atoms with Crippen molar-refractivity contribution in [3.05, 3.63) is 22.8 Å². The lowest BCUT2D eigenvalue weighted by molar-refractivity contribution is -0.152. The Kier molecular flexibility index (Phi) is 4.57. The van der Waals surface area contributed by atoms with Crippen molar-refractivity contribution in [3.8, 4) is 5.75 Å². The monoisotopic (exact) mass is 596 g/mol. The summed E-state index contributed by atoms with van der Waals surface area (Å²) >= 11 is 7.02. The van der Waals surface area contributed by atoms with Gasteiger partial charge in [-0.05, 0) is 92.7 Å². The molecule has 0 bridgehead atoms. The van der Waals surface area contributed by atoms with Gasteiger partial charge in [0.15, 0.2) is 0 Å². The second-order valence-corrected chi connectivity index (χ2v) is 9.07. The Labute approximate surface area is 154 Å². The molecule has 2 aliphatic rings. The normalized spacial score (nSPS) is 28.4. The maximum Gasteiger partial charge on any atom is 0.146 e. The molecule has 2 nitrogen and oxygen atoms in total. The van der Waals surface area contributed by atoms with Crippen molar-refractivity contribution in [1.82, 2.24) is 0 Å². The van der Waals surface area contributed by atoms with E-state index < -0.39 is 0 Å². The number of hydrogen-bond acceptors (Lipinski definition) is 2. The van der Waals surface area contributed by atoms with E-state index in [9.17, 15) is 5.11 Å². The maximum absolute atomic E-state index is 10.1. The third-order valence-electron chi connectivity index (χ3n) is 4.50. The third kappa shape index (κ3) is 2.65. The average Bonchev–Trinajstić information content (AvgIpc) is 2.84. The predicted octanol–water partition coefficient (Wildman–Crippen LogP) is 4.57. The molecule has 0 heterocycles. The molecule has 0 saturated heterocycles. The summed E-state index contributed by atoms with van der Waals surface area (Å²) in [5.74, 6) is 1.00. The number of halogens is 3. The highest BCUT2D eigenvalue weighted by molar-refractivity contribution is 14.1. The fourth-order valence-corrected chi connectivity index (χ4v) is 7.20. The molecule has 0 aliphatic heterocycles. The van der Waals surface area contributed by atoms with Crippen LogP contribution in [0, 0.1) is 16.1 Å². The number of benzene rings is 1. The lowest BCUT2D eigenvalue weighted by Crippen LogP contribution is -2.58. The van der Waals surface area contributed by atoms with Crippen LogP contribution >= 0.6 is 67.8 Å². The summed E-state index contributed by atoms with van der Waals surface area (Å²) in [6, 6.07) is 4.30. The molecule has 5 heteroatoms. The van der Waals surface area contributed by atoms with Gasteiger partial charge in [-0.25, -0.2) is 0 Å². The first-order chi connectivity index (χ1) is 9.03. The van der Waals surface area contributed by atoms with Gasteiger partial charge in [0.25, 0.3) is 0 Å². The molecule has 0 aromatic heterocycles. The van der Waals surface area contributed by atoms with Gasteiger partial charge in [-0.2, -0.15) is 0 Å². The maximum atomic E-state index is 10.1. The van der Waals surface area contributed by atoms with Gasteiger partial charge in [-0.15, -0.1) is 0 Å². The van der Waals surface area contributed by atoms with Gasteiger partial charge in [-0.3, -0.25) is 0 Å². The van der Waals surface area contributed by atoms with E-state index in [-0.39, 0.29) is 17.6 Å². The summed E-state index contributed by atoms with van der Waals surface area (Å²) in [6.45, 7) is 0. The third-order valence-corrected chi connectivity index (χ3v) is 6.73. The lowest BCUT2D eigenvalue weighted by Gasteiger charge is -2.51. The van der Waals surface area contributed by atoms with Gasteiger partial charge in [0.1, 0.15) is 11.9 Å². The fourth-order valence-electron chi connectivity index (χ4n) is 3.36. The van der Waals surface area contributed by atoms with Crippen molar-refractivity contribution in [1.29, 1.82) is 0 Å². The summed E-state index contributed by atoms with van der Waals surface area (Å²) in [6.07, 6.45) is 5.55. The van der Waals surface area contributed by atoms with Crippen LogP contribution in [0.5, 0.6) is 5.75 Å². The van der Waals surface area contributed by atoms with Crippen LogP contribution in [0.1, 0.15) is 32.1 Å². The smallest absolute Gasteiger partial charge is 0.146 e. The minimum atomic E-state index is -0.154.